The molecule has 3 aromatic rings. The van der Waals surface area contributed by atoms with Crippen LogP contribution in [0, 0.1) is 5.41 Å². The Balaban J connectivity index is 1.85. The Morgan fingerprint density at radius 2 is 1.26 bits per heavy atom. The standard InChI is InChI=1S/C30H37NO4/c1-24(32)34-23-29(4,26-17-11-7-12-18-26)31-35-30(5,27-19-13-8-14-20-27)28(2,3)22-33-21-25-15-9-6-10-16-25/h6-20,31H,21-23H2,1-5H3. The number of carbonyl (C=O) groups is 1. The van der Waals surface area contributed by atoms with E-state index in [9.17, 15) is 4.79 Å². The molecule has 0 aromatic heterocycles. The van der Waals surface area contributed by atoms with E-state index in [1.807, 2.05) is 73.7 Å². The Morgan fingerprint density at radius 3 is 1.80 bits per heavy atom. The van der Waals surface area contributed by atoms with Gasteiger partial charge in [-0.2, -0.15) is 5.48 Å². The molecule has 186 valence electrons. The van der Waals surface area contributed by atoms with Gasteiger partial charge in [-0.3, -0.25) is 9.63 Å². The van der Waals surface area contributed by atoms with Gasteiger partial charge in [-0.15, -0.1) is 0 Å². The molecule has 0 aliphatic heterocycles. The minimum Gasteiger partial charge on any atom is -0.463 e. The molecule has 1 N–H and O–H groups in total. The second kappa shape index (κ2) is 11.6. The van der Waals surface area contributed by atoms with Crippen LogP contribution in [0.5, 0.6) is 0 Å². The van der Waals surface area contributed by atoms with Crippen molar-refractivity contribution >= 4 is 5.97 Å². The molecular weight excluding hydrogens is 438 g/mol. The fourth-order valence-corrected chi connectivity index (χ4v) is 3.92. The summed E-state index contributed by atoms with van der Waals surface area (Å²) in [5.41, 5.74) is 4.44. The van der Waals surface area contributed by atoms with Gasteiger partial charge < -0.3 is 9.47 Å². The largest absolute Gasteiger partial charge is 0.463 e. The highest BCUT2D eigenvalue weighted by molar-refractivity contribution is 5.66. The number of hydrogen-bond acceptors (Lipinski definition) is 5. The van der Waals surface area contributed by atoms with Gasteiger partial charge in [-0.05, 0) is 30.5 Å². The summed E-state index contributed by atoms with van der Waals surface area (Å²) in [6, 6.07) is 30.1. The zero-order valence-electron chi connectivity index (χ0n) is 21.4. The van der Waals surface area contributed by atoms with Crippen molar-refractivity contribution in [1.82, 2.24) is 5.48 Å². The molecule has 3 aromatic carbocycles. The number of rotatable bonds is 12. The predicted molar refractivity (Wildman–Crippen MR) is 138 cm³/mol. The van der Waals surface area contributed by atoms with Gasteiger partial charge in [0, 0.05) is 12.3 Å². The average molecular weight is 476 g/mol. The quantitative estimate of drug-likeness (QED) is 0.252. The molecule has 0 fully saturated rings. The van der Waals surface area contributed by atoms with Crippen molar-refractivity contribution in [3.05, 3.63) is 108 Å². The van der Waals surface area contributed by atoms with E-state index < -0.39 is 16.6 Å². The minimum absolute atomic E-state index is 0.127. The monoisotopic (exact) mass is 475 g/mol. The molecule has 2 atom stereocenters. The number of ether oxygens (including phenoxy) is 2. The van der Waals surface area contributed by atoms with Gasteiger partial charge in [0.25, 0.3) is 0 Å². The number of benzene rings is 3. The van der Waals surface area contributed by atoms with Crippen LogP contribution >= 0.6 is 0 Å². The van der Waals surface area contributed by atoms with Crippen LogP contribution in [0.3, 0.4) is 0 Å². The Hall–Kier alpha value is -2.99. The Morgan fingerprint density at radius 1 is 0.743 bits per heavy atom. The first-order valence-corrected chi connectivity index (χ1v) is 12.0. The SMILES string of the molecule is CC(=O)OCC(C)(NOC(C)(c1ccccc1)C(C)(C)COCc1ccccc1)c1ccccc1. The molecule has 35 heavy (non-hydrogen) atoms. The molecular formula is C30H37NO4. The van der Waals surface area contributed by atoms with Crippen LogP contribution in [-0.4, -0.2) is 19.2 Å². The third-order valence-corrected chi connectivity index (χ3v) is 6.65. The molecule has 2 unspecified atom stereocenters. The Kier molecular flexibility index (Phi) is 8.84. The summed E-state index contributed by atoms with van der Waals surface area (Å²) in [5.74, 6) is -0.339. The van der Waals surface area contributed by atoms with Gasteiger partial charge in [-0.1, -0.05) is 105 Å². The summed E-state index contributed by atoms with van der Waals surface area (Å²) >= 11 is 0. The van der Waals surface area contributed by atoms with Crippen molar-refractivity contribution in [2.75, 3.05) is 13.2 Å². The van der Waals surface area contributed by atoms with Gasteiger partial charge in [0.1, 0.15) is 12.2 Å². The van der Waals surface area contributed by atoms with Gasteiger partial charge in [-0.25, -0.2) is 0 Å². The number of nitrogens with one attached hydrogen (secondary N) is 1. The summed E-state index contributed by atoms with van der Waals surface area (Å²) in [4.78, 5) is 18.2. The van der Waals surface area contributed by atoms with Gasteiger partial charge in [0.2, 0.25) is 0 Å². The summed E-state index contributed by atoms with van der Waals surface area (Å²) < 4.78 is 11.6. The van der Waals surface area contributed by atoms with E-state index in [1.54, 1.807) is 0 Å². The number of hydroxylamine groups is 1. The predicted octanol–water partition coefficient (Wildman–Crippen LogP) is 6.14. The molecule has 0 spiro atoms. The molecule has 0 aliphatic rings. The number of hydrogen-bond donors (Lipinski definition) is 1. The van der Waals surface area contributed by atoms with Crippen molar-refractivity contribution in [3.8, 4) is 0 Å². The van der Waals surface area contributed by atoms with Crippen LogP contribution < -0.4 is 5.48 Å². The van der Waals surface area contributed by atoms with Crippen molar-refractivity contribution in [1.29, 1.82) is 0 Å². The van der Waals surface area contributed by atoms with Gasteiger partial charge in [0.15, 0.2) is 0 Å². The molecule has 0 bridgehead atoms. The Labute approximate surface area is 209 Å². The summed E-state index contributed by atoms with van der Waals surface area (Å²) in [6.07, 6.45) is 0. The van der Waals surface area contributed by atoms with Crippen LogP contribution in [0.25, 0.3) is 0 Å². The number of esters is 1. The van der Waals surface area contributed by atoms with E-state index in [0.29, 0.717) is 13.2 Å². The zero-order chi connectivity index (χ0) is 25.4. The lowest BCUT2D eigenvalue weighted by Crippen LogP contribution is -2.53. The number of carbonyl (C=O) groups excluding carboxylic acids is 1. The molecule has 0 saturated carbocycles. The highest BCUT2D eigenvalue weighted by Crippen LogP contribution is 2.43. The summed E-state index contributed by atoms with van der Waals surface area (Å²) in [7, 11) is 0. The van der Waals surface area contributed by atoms with E-state index in [4.69, 9.17) is 14.3 Å². The smallest absolute Gasteiger partial charge is 0.302 e. The minimum atomic E-state index is -0.767. The summed E-state index contributed by atoms with van der Waals surface area (Å²) in [6.45, 7) is 10.8. The maximum absolute atomic E-state index is 11.6. The lowest BCUT2D eigenvalue weighted by molar-refractivity contribution is -0.210. The first-order chi connectivity index (χ1) is 16.7. The maximum atomic E-state index is 11.6. The lowest BCUT2D eigenvalue weighted by atomic mass is 9.72. The van der Waals surface area contributed by atoms with Crippen LogP contribution in [0.2, 0.25) is 0 Å². The fourth-order valence-electron chi connectivity index (χ4n) is 3.92. The van der Waals surface area contributed by atoms with Gasteiger partial charge in [0.05, 0.1) is 18.8 Å². The van der Waals surface area contributed by atoms with Crippen LogP contribution in [0.15, 0.2) is 91.0 Å². The van der Waals surface area contributed by atoms with Crippen molar-refractivity contribution in [2.45, 2.75) is 52.4 Å². The molecule has 0 saturated heterocycles. The maximum Gasteiger partial charge on any atom is 0.302 e. The molecule has 0 radical (unpaired) electrons. The first-order valence-electron chi connectivity index (χ1n) is 12.0. The molecule has 5 heteroatoms. The first kappa shape index (κ1) is 26.6. The van der Waals surface area contributed by atoms with E-state index in [-0.39, 0.29) is 12.6 Å². The average Bonchev–Trinajstić information content (AvgIpc) is 2.87. The van der Waals surface area contributed by atoms with E-state index in [1.165, 1.54) is 6.92 Å². The van der Waals surface area contributed by atoms with Crippen molar-refractivity contribution < 1.29 is 19.1 Å². The van der Waals surface area contributed by atoms with Crippen LogP contribution in [0.1, 0.15) is 51.3 Å². The second-order valence-electron chi connectivity index (χ2n) is 9.94. The van der Waals surface area contributed by atoms with Gasteiger partial charge >= 0.3 is 5.97 Å². The van der Waals surface area contributed by atoms with Crippen molar-refractivity contribution in [3.63, 3.8) is 0 Å². The molecule has 0 amide bonds. The molecule has 0 heterocycles. The highest BCUT2D eigenvalue weighted by Gasteiger charge is 2.46. The van der Waals surface area contributed by atoms with Crippen molar-refractivity contribution in [2.24, 2.45) is 5.41 Å². The molecule has 0 aliphatic carbocycles. The zero-order valence-corrected chi connectivity index (χ0v) is 21.4. The van der Waals surface area contributed by atoms with E-state index in [0.717, 1.165) is 16.7 Å². The highest BCUT2D eigenvalue weighted by atomic mass is 16.7. The third-order valence-electron chi connectivity index (χ3n) is 6.65. The van der Waals surface area contributed by atoms with Crippen LogP contribution in [0.4, 0.5) is 0 Å². The molecule has 3 rings (SSSR count). The summed E-state index contributed by atoms with van der Waals surface area (Å²) in [5, 5.41) is 0. The Bertz CT molecular complexity index is 1060. The normalized spacial score (nSPS) is 15.1. The second-order valence-corrected chi connectivity index (χ2v) is 9.94. The lowest BCUT2D eigenvalue weighted by Gasteiger charge is -2.46. The molecule has 5 nitrogen and oxygen atoms in total. The van der Waals surface area contributed by atoms with E-state index in [2.05, 4.69) is 50.5 Å². The van der Waals surface area contributed by atoms with Crippen LogP contribution in [-0.2, 0) is 36.9 Å². The van der Waals surface area contributed by atoms with E-state index >= 15 is 0 Å². The fraction of sp³-hybridized carbons (Fsp3) is 0.367. The topological polar surface area (TPSA) is 56.8 Å². The third kappa shape index (κ3) is 6.79.